The number of nitrogens with zero attached hydrogens (tertiary/aromatic N) is 3. The van der Waals surface area contributed by atoms with Crippen LogP contribution in [0.1, 0.15) is 16.8 Å². The Balaban J connectivity index is 1.47. The number of rotatable bonds is 8. The molecule has 4 rings (SSSR count). The van der Waals surface area contributed by atoms with Crippen molar-refractivity contribution >= 4 is 29.1 Å². The van der Waals surface area contributed by atoms with E-state index < -0.39 is 0 Å². The maximum Gasteiger partial charge on any atom is 0.222 e. The summed E-state index contributed by atoms with van der Waals surface area (Å²) in [4.78, 5) is 12.6. The number of hydrogen-bond donors (Lipinski definition) is 3. The van der Waals surface area contributed by atoms with Crippen molar-refractivity contribution < 1.29 is 4.74 Å². The number of ether oxygens (including phenoxy) is 1. The zero-order valence-corrected chi connectivity index (χ0v) is 18.1. The van der Waals surface area contributed by atoms with Crippen LogP contribution in [0.4, 0.5) is 17.5 Å². The molecule has 32 heavy (non-hydrogen) atoms. The van der Waals surface area contributed by atoms with Gasteiger partial charge in [0.1, 0.15) is 11.0 Å². The maximum atomic E-state index is 6.20. The zero-order chi connectivity index (χ0) is 22.3. The molecule has 0 bridgehead atoms. The molecule has 5 N–H and O–H groups in total. The lowest BCUT2D eigenvalue weighted by Crippen LogP contribution is -2.08. The highest BCUT2D eigenvalue weighted by atomic mass is 35.5. The Kier molecular flexibility index (Phi) is 6.79. The third-order valence-electron chi connectivity index (χ3n) is 4.84. The Labute approximate surface area is 191 Å². The van der Waals surface area contributed by atoms with E-state index in [1.54, 1.807) is 12.3 Å². The molecular weight excluding hydrogens is 424 g/mol. The molecule has 0 fully saturated rings. The van der Waals surface area contributed by atoms with Gasteiger partial charge in [0.05, 0.1) is 18.9 Å². The number of anilines is 3. The van der Waals surface area contributed by atoms with E-state index in [1.807, 2.05) is 60.7 Å². The summed E-state index contributed by atoms with van der Waals surface area (Å²) >= 11 is 5.83. The molecule has 4 aromatic rings. The molecule has 2 aromatic heterocycles. The summed E-state index contributed by atoms with van der Waals surface area (Å²) in [6.07, 6.45) is 1.75. The van der Waals surface area contributed by atoms with Crippen LogP contribution < -0.4 is 16.8 Å². The maximum absolute atomic E-state index is 6.20. The second kappa shape index (κ2) is 10.1. The van der Waals surface area contributed by atoms with Gasteiger partial charge in [0, 0.05) is 24.0 Å². The first-order valence-electron chi connectivity index (χ1n) is 10.1. The van der Waals surface area contributed by atoms with Gasteiger partial charge in [0.2, 0.25) is 5.95 Å². The third-order valence-corrected chi connectivity index (χ3v) is 5.06. The minimum Gasteiger partial charge on any atom is -0.383 e. The molecule has 7 nitrogen and oxygen atoms in total. The van der Waals surface area contributed by atoms with Crippen molar-refractivity contribution in [2.45, 2.75) is 19.8 Å². The molecular formula is C24H23ClN6O. The van der Waals surface area contributed by atoms with Gasteiger partial charge in [-0.05, 0) is 34.9 Å². The molecule has 0 atom stereocenters. The van der Waals surface area contributed by atoms with Gasteiger partial charge in [-0.15, -0.1) is 0 Å². The number of nitrogen functional groups attached to an aromatic ring is 2. The van der Waals surface area contributed by atoms with E-state index in [-0.39, 0.29) is 12.6 Å². The van der Waals surface area contributed by atoms with Crippen molar-refractivity contribution in [2.24, 2.45) is 0 Å². The number of nitrogens with two attached hydrogens (primary N) is 2. The summed E-state index contributed by atoms with van der Waals surface area (Å²) in [5.74, 6) is 0.447. The molecule has 8 heteroatoms. The Bertz CT molecular complexity index is 1170. The minimum atomic E-state index is 0.124. The van der Waals surface area contributed by atoms with Gasteiger partial charge < -0.3 is 21.5 Å². The van der Waals surface area contributed by atoms with Crippen LogP contribution in [-0.2, 0) is 24.5 Å². The first-order valence-corrected chi connectivity index (χ1v) is 10.4. The predicted octanol–water partition coefficient (Wildman–Crippen LogP) is 4.69. The lowest BCUT2D eigenvalue weighted by molar-refractivity contribution is 0.105. The standard InChI is InChI=1S/C24H23ClN6O/c25-21-11-6-17(13-29-21)12-28-19-9-7-18(8-10-19)22-20(30-24(27)31-23(22)26)15-32-14-16-4-2-1-3-5-16/h1-11,13,28H,12,14-15H2,(H4,26,27,30,31). The molecule has 2 heterocycles. The van der Waals surface area contributed by atoms with Crippen LogP contribution >= 0.6 is 11.6 Å². The van der Waals surface area contributed by atoms with Gasteiger partial charge in [-0.1, -0.05) is 60.1 Å². The summed E-state index contributed by atoms with van der Waals surface area (Å²) in [7, 11) is 0. The van der Waals surface area contributed by atoms with E-state index in [2.05, 4.69) is 20.3 Å². The molecule has 0 aliphatic carbocycles. The average molecular weight is 447 g/mol. The van der Waals surface area contributed by atoms with Crippen LogP contribution in [0.15, 0.2) is 72.9 Å². The van der Waals surface area contributed by atoms with Gasteiger partial charge in [0.25, 0.3) is 0 Å². The van der Waals surface area contributed by atoms with E-state index in [0.717, 1.165) is 27.9 Å². The molecule has 2 aromatic carbocycles. The highest BCUT2D eigenvalue weighted by Gasteiger charge is 2.14. The van der Waals surface area contributed by atoms with Crippen molar-refractivity contribution in [1.29, 1.82) is 0 Å². The molecule has 0 spiro atoms. The number of aromatic nitrogens is 3. The Morgan fingerprint density at radius 3 is 2.34 bits per heavy atom. The van der Waals surface area contributed by atoms with E-state index in [9.17, 15) is 0 Å². The average Bonchev–Trinajstić information content (AvgIpc) is 2.80. The van der Waals surface area contributed by atoms with E-state index in [1.165, 1.54) is 0 Å². The largest absolute Gasteiger partial charge is 0.383 e. The molecule has 0 saturated carbocycles. The van der Waals surface area contributed by atoms with Crippen molar-refractivity contribution in [3.8, 4) is 11.1 Å². The first-order chi connectivity index (χ1) is 15.6. The van der Waals surface area contributed by atoms with Crippen LogP contribution in [0.2, 0.25) is 5.15 Å². The fourth-order valence-electron chi connectivity index (χ4n) is 3.27. The fourth-order valence-corrected chi connectivity index (χ4v) is 3.39. The summed E-state index contributed by atoms with van der Waals surface area (Å²) in [5.41, 5.74) is 17.4. The SMILES string of the molecule is Nc1nc(N)c(-c2ccc(NCc3ccc(Cl)nc3)cc2)c(COCc2ccccc2)n1. The van der Waals surface area contributed by atoms with Gasteiger partial charge >= 0.3 is 0 Å². The van der Waals surface area contributed by atoms with Crippen LogP contribution in [0.3, 0.4) is 0 Å². The van der Waals surface area contributed by atoms with E-state index in [4.69, 9.17) is 27.8 Å². The summed E-state index contributed by atoms with van der Waals surface area (Å²) < 4.78 is 5.87. The Morgan fingerprint density at radius 2 is 1.62 bits per heavy atom. The van der Waals surface area contributed by atoms with Crippen molar-refractivity contribution in [3.63, 3.8) is 0 Å². The zero-order valence-electron chi connectivity index (χ0n) is 17.3. The van der Waals surface area contributed by atoms with Crippen LogP contribution in [0.5, 0.6) is 0 Å². The Morgan fingerprint density at radius 1 is 0.844 bits per heavy atom. The quantitative estimate of drug-likeness (QED) is 0.337. The molecule has 0 unspecified atom stereocenters. The Hall–Kier alpha value is -3.68. The number of hydrogen-bond acceptors (Lipinski definition) is 7. The summed E-state index contributed by atoms with van der Waals surface area (Å²) in [5, 5.41) is 3.84. The van der Waals surface area contributed by atoms with E-state index in [0.29, 0.717) is 29.8 Å². The second-order valence-corrected chi connectivity index (χ2v) is 7.57. The van der Waals surface area contributed by atoms with Gasteiger partial charge in [0.15, 0.2) is 0 Å². The van der Waals surface area contributed by atoms with Gasteiger partial charge in [-0.25, -0.2) is 9.97 Å². The van der Waals surface area contributed by atoms with Crippen LogP contribution in [0, 0.1) is 0 Å². The monoisotopic (exact) mass is 446 g/mol. The molecule has 0 saturated heterocycles. The fraction of sp³-hybridized carbons (Fsp3) is 0.125. The number of pyridine rings is 1. The van der Waals surface area contributed by atoms with Gasteiger partial charge in [-0.2, -0.15) is 4.98 Å². The molecule has 0 aliphatic heterocycles. The second-order valence-electron chi connectivity index (χ2n) is 7.19. The first kappa shape index (κ1) is 21.5. The molecule has 0 amide bonds. The normalized spacial score (nSPS) is 10.8. The number of halogens is 1. The topological polar surface area (TPSA) is 112 Å². The molecule has 0 aliphatic rings. The van der Waals surface area contributed by atoms with Gasteiger partial charge in [-0.3, -0.25) is 0 Å². The number of nitrogens with one attached hydrogen (secondary N) is 1. The highest BCUT2D eigenvalue weighted by Crippen LogP contribution is 2.30. The smallest absolute Gasteiger partial charge is 0.222 e. The van der Waals surface area contributed by atoms with Crippen LogP contribution in [0.25, 0.3) is 11.1 Å². The summed E-state index contributed by atoms with van der Waals surface area (Å²) in [6, 6.07) is 21.5. The highest BCUT2D eigenvalue weighted by molar-refractivity contribution is 6.29. The predicted molar refractivity (Wildman–Crippen MR) is 128 cm³/mol. The lowest BCUT2D eigenvalue weighted by Gasteiger charge is -2.13. The summed E-state index contributed by atoms with van der Waals surface area (Å²) in [6.45, 7) is 1.37. The lowest BCUT2D eigenvalue weighted by atomic mass is 10.0. The minimum absolute atomic E-state index is 0.124. The number of benzene rings is 2. The van der Waals surface area contributed by atoms with Crippen molar-refractivity contribution in [1.82, 2.24) is 15.0 Å². The molecule has 162 valence electrons. The third kappa shape index (κ3) is 5.51. The molecule has 0 radical (unpaired) electrons. The van der Waals surface area contributed by atoms with Crippen molar-refractivity contribution in [2.75, 3.05) is 16.8 Å². The van der Waals surface area contributed by atoms with E-state index >= 15 is 0 Å². The van der Waals surface area contributed by atoms with Crippen molar-refractivity contribution in [3.05, 3.63) is 94.9 Å². The van der Waals surface area contributed by atoms with Crippen LogP contribution in [-0.4, -0.2) is 15.0 Å².